The second kappa shape index (κ2) is 9.95. The van der Waals surface area contributed by atoms with E-state index < -0.39 is 11.1 Å². The van der Waals surface area contributed by atoms with Crippen molar-refractivity contribution >= 4 is 5.91 Å². The van der Waals surface area contributed by atoms with Crippen LogP contribution in [0.3, 0.4) is 0 Å². The maximum Gasteiger partial charge on any atom is 0.243 e. The third kappa shape index (κ3) is 6.04. The number of amides is 1. The van der Waals surface area contributed by atoms with Crippen molar-refractivity contribution in [3.05, 3.63) is 60.3 Å². The molecular weight excluding hydrogens is 422 g/mol. The summed E-state index contributed by atoms with van der Waals surface area (Å²) < 4.78 is 12.4. The number of ether oxygens (including phenoxy) is 1. The molecule has 3 rings (SSSR count). The van der Waals surface area contributed by atoms with Crippen molar-refractivity contribution in [1.29, 1.82) is 0 Å². The van der Waals surface area contributed by atoms with Crippen LogP contribution in [0.15, 0.2) is 47.5 Å². The van der Waals surface area contributed by atoms with E-state index in [4.69, 9.17) is 9.26 Å². The summed E-state index contributed by atoms with van der Waals surface area (Å²) >= 11 is 0. The maximum absolute atomic E-state index is 12.0. The summed E-state index contributed by atoms with van der Waals surface area (Å²) in [5, 5.41) is 23.1. The van der Waals surface area contributed by atoms with Crippen LogP contribution in [0.2, 0.25) is 0 Å². The zero-order chi connectivity index (χ0) is 24.1. The molecule has 2 N–H and O–H groups in total. The Morgan fingerprint density at radius 2 is 2.09 bits per heavy atom. The Labute approximate surface area is 193 Å². The van der Waals surface area contributed by atoms with Crippen molar-refractivity contribution in [2.24, 2.45) is 0 Å². The highest BCUT2D eigenvalue weighted by atomic mass is 16.5. The van der Waals surface area contributed by atoms with E-state index in [9.17, 15) is 4.79 Å². The van der Waals surface area contributed by atoms with Crippen LogP contribution < -0.4 is 15.4 Å². The van der Waals surface area contributed by atoms with Crippen LogP contribution in [0, 0.1) is 6.92 Å². The Bertz CT molecular complexity index is 1100. The van der Waals surface area contributed by atoms with Gasteiger partial charge in [-0.2, -0.15) is 4.68 Å². The third-order valence-corrected chi connectivity index (χ3v) is 5.27. The molecule has 3 aromatic rings. The van der Waals surface area contributed by atoms with E-state index in [0.29, 0.717) is 31.0 Å². The van der Waals surface area contributed by atoms with E-state index in [-0.39, 0.29) is 5.91 Å². The zero-order valence-electron chi connectivity index (χ0n) is 19.8. The molecule has 0 saturated carbocycles. The van der Waals surface area contributed by atoms with Gasteiger partial charge in [-0.15, -0.1) is 5.10 Å². The van der Waals surface area contributed by atoms with Gasteiger partial charge in [0.25, 0.3) is 0 Å². The smallest absolute Gasteiger partial charge is 0.243 e. The van der Waals surface area contributed by atoms with Gasteiger partial charge < -0.3 is 19.9 Å². The Kier molecular flexibility index (Phi) is 7.27. The van der Waals surface area contributed by atoms with Crippen molar-refractivity contribution in [3.8, 4) is 11.4 Å². The number of benzene rings is 1. The number of nitrogens with zero attached hydrogens (tertiary/aromatic N) is 5. The summed E-state index contributed by atoms with van der Waals surface area (Å²) in [6.45, 7) is 11.9. The number of carbonyl (C=O) groups excluding carboxylic acids is 1. The van der Waals surface area contributed by atoms with Crippen LogP contribution in [0.4, 0.5) is 0 Å². The Balaban J connectivity index is 1.93. The number of rotatable bonds is 11. The summed E-state index contributed by atoms with van der Waals surface area (Å²) in [5.41, 5.74) is 0.310. The van der Waals surface area contributed by atoms with Crippen molar-refractivity contribution in [2.45, 2.75) is 51.6 Å². The van der Waals surface area contributed by atoms with Gasteiger partial charge in [0, 0.05) is 30.6 Å². The zero-order valence-corrected chi connectivity index (χ0v) is 19.8. The first-order chi connectivity index (χ1) is 15.7. The topological polar surface area (TPSA) is 120 Å². The van der Waals surface area contributed by atoms with Gasteiger partial charge in [0.05, 0.1) is 24.0 Å². The molecule has 1 atom stereocenters. The monoisotopic (exact) mass is 453 g/mol. The van der Waals surface area contributed by atoms with E-state index in [0.717, 1.165) is 17.1 Å². The highest BCUT2D eigenvalue weighted by Crippen LogP contribution is 2.30. The van der Waals surface area contributed by atoms with Gasteiger partial charge in [-0.25, -0.2) is 0 Å². The van der Waals surface area contributed by atoms with Gasteiger partial charge in [0.15, 0.2) is 5.82 Å². The summed E-state index contributed by atoms with van der Waals surface area (Å²) in [7, 11) is 1.61. The maximum atomic E-state index is 12.0. The summed E-state index contributed by atoms with van der Waals surface area (Å²) in [6.07, 6.45) is 2.40. The molecule has 0 saturated heterocycles. The molecule has 2 aromatic heterocycles. The summed E-state index contributed by atoms with van der Waals surface area (Å²) in [4.78, 5) is 12.0. The van der Waals surface area contributed by atoms with E-state index >= 15 is 0 Å². The second-order valence-electron chi connectivity index (χ2n) is 8.81. The van der Waals surface area contributed by atoms with Crippen molar-refractivity contribution in [1.82, 2.24) is 36.0 Å². The van der Waals surface area contributed by atoms with E-state index in [1.807, 2.05) is 58.0 Å². The minimum Gasteiger partial charge on any atom is -0.497 e. The van der Waals surface area contributed by atoms with Gasteiger partial charge in [-0.1, -0.05) is 17.8 Å². The van der Waals surface area contributed by atoms with Gasteiger partial charge in [-0.3, -0.25) is 4.79 Å². The molecule has 176 valence electrons. The number of methoxy groups -OCH3 is 1. The number of hydrogen-bond acceptors (Lipinski definition) is 8. The fraction of sp³-hybridized carbons (Fsp3) is 0.435. The largest absolute Gasteiger partial charge is 0.497 e. The summed E-state index contributed by atoms with van der Waals surface area (Å²) in [6, 6.07) is 9.42. The molecule has 0 aliphatic heterocycles. The van der Waals surface area contributed by atoms with Gasteiger partial charge >= 0.3 is 0 Å². The SMILES string of the molecule is C=CC(=O)NC(C)(C)CC(C)(NCCc1cc(C)no1)c1nnnn1-c1cccc(OC)c1. The van der Waals surface area contributed by atoms with Gasteiger partial charge in [0.2, 0.25) is 5.91 Å². The molecule has 0 bridgehead atoms. The number of carbonyl (C=O) groups is 1. The van der Waals surface area contributed by atoms with Crippen LogP contribution in [0.1, 0.15) is 44.5 Å². The second-order valence-corrected chi connectivity index (χ2v) is 8.81. The number of aromatic nitrogens is 5. The van der Waals surface area contributed by atoms with Gasteiger partial charge in [-0.05, 0) is 62.8 Å². The Hall–Kier alpha value is -3.53. The van der Waals surface area contributed by atoms with Crippen LogP contribution in [-0.4, -0.2) is 50.5 Å². The fourth-order valence-electron chi connectivity index (χ4n) is 3.98. The fourth-order valence-corrected chi connectivity index (χ4v) is 3.98. The molecule has 1 aromatic carbocycles. The number of nitrogens with one attached hydrogen (secondary N) is 2. The molecule has 10 heteroatoms. The van der Waals surface area contributed by atoms with Crippen molar-refractivity contribution in [3.63, 3.8) is 0 Å². The third-order valence-electron chi connectivity index (χ3n) is 5.27. The lowest BCUT2D eigenvalue weighted by Crippen LogP contribution is -2.53. The Morgan fingerprint density at radius 3 is 2.76 bits per heavy atom. The quantitative estimate of drug-likeness (QED) is 0.425. The Morgan fingerprint density at radius 1 is 1.30 bits per heavy atom. The van der Waals surface area contributed by atoms with E-state index in [1.54, 1.807) is 11.8 Å². The highest BCUT2D eigenvalue weighted by Gasteiger charge is 2.39. The average Bonchev–Trinajstić information content (AvgIpc) is 3.42. The molecule has 0 radical (unpaired) electrons. The van der Waals surface area contributed by atoms with Crippen LogP contribution >= 0.6 is 0 Å². The van der Waals surface area contributed by atoms with E-state index in [1.165, 1.54) is 6.08 Å². The average molecular weight is 454 g/mol. The standard InChI is InChI=1S/C23H31N7O3/c1-7-20(31)25-22(3,4)15-23(5,24-12-11-19-13-16(2)27-33-19)21-26-28-29-30(21)17-9-8-10-18(14-17)32-6/h7-10,13-14,24H,1,11-12,15H2,2-6H3,(H,25,31). The van der Waals surface area contributed by atoms with Gasteiger partial charge in [0.1, 0.15) is 11.5 Å². The normalized spacial score (nSPS) is 13.4. The van der Waals surface area contributed by atoms with Crippen LogP contribution in [0.25, 0.3) is 5.69 Å². The van der Waals surface area contributed by atoms with E-state index in [2.05, 4.69) is 37.9 Å². The molecule has 1 amide bonds. The van der Waals surface area contributed by atoms with Crippen molar-refractivity contribution in [2.75, 3.05) is 13.7 Å². The molecule has 0 spiro atoms. The molecule has 10 nitrogen and oxygen atoms in total. The number of tetrazole rings is 1. The molecular formula is C23H31N7O3. The predicted octanol–water partition coefficient (Wildman–Crippen LogP) is 2.49. The lowest BCUT2D eigenvalue weighted by atomic mass is 9.84. The highest BCUT2D eigenvalue weighted by molar-refractivity contribution is 5.87. The lowest BCUT2D eigenvalue weighted by molar-refractivity contribution is -0.118. The van der Waals surface area contributed by atoms with Crippen molar-refractivity contribution < 1.29 is 14.1 Å². The van der Waals surface area contributed by atoms with Crippen LogP contribution in [-0.2, 0) is 16.8 Å². The molecule has 0 aliphatic rings. The molecule has 1 unspecified atom stereocenters. The minimum absolute atomic E-state index is 0.244. The number of aryl methyl sites for hydroxylation is 1. The molecule has 0 aliphatic carbocycles. The number of hydrogen-bond donors (Lipinski definition) is 2. The molecule has 0 fully saturated rings. The first-order valence-corrected chi connectivity index (χ1v) is 10.7. The molecule has 2 heterocycles. The first kappa shape index (κ1) is 24.1. The summed E-state index contributed by atoms with van der Waals surface area (Å²) in [5.74, 6) is 1.84. The molecule has 33 heavy (non-hydrogen) atoms. The minimum atomic E-state index is -0.709. The first-order valence-electron chi connectivity index (χ1n) is 10.7. The lowest BCUT2D eigenvalue weighted by Gasteiger charge is -2.37. The van der Waals surface area contributed by atoms with Crippen LogP contribution in [0.5, 0.6) is 5.75 Å². The predicted molar refractivity (Wildman–Crippen MR) is 123 cm³/mol.